The number of fused-ring (bicyclic) bond motifs is 1. The maximum Gasteiger partial charge on any atom is 0.175 e. The van der Waals surface area contributed by atoms with E-state index >= 15 is 0 Å². The molecule has 0 spiro atoms. The number of Topliss-reactive ketones (excluding diaryl/α,β-unsaturated/α-hetero) is 1. The molecular formula is C21H24N2O4S. The minimum absolute atomic E-state index is 0.000115. The summed E-state index contributed by atoms with van der Waals surface area (Å²) in [6.45, 7) is 6.53. The van der Waals surface area contributed by atoms with Crippen molar-refractivity contribution in [3.8, 4) is 5.75 Å². The Morgan fingerprint density at radius 3 is 2.57 bits per heavy atom. The molecule has 28 heavy (non-hydrogen) atoms. The Labute approximate surface area is 165 Å². The van der Waals surface area contributed by atoms with Crippen LogP contribution in [0.15, 0.2) is 47.5 Å². The van der Waals surface area contributed by atoms with Gasteiger partial charge in [-0.25, -0.2) is 8.42 Å². The van der Waals surface area contributed by atoms with Gasteiger partial charge in [-0.2, -0.15) is 5.10 Å². The van der Waals surface area contributed by atoms with E-state index in [1.165, 1.54) is 13.2 Å². The summed E-state index contributed by atoms with van der Waals surface area (Å²) in [6.07, 6.45) is 2.89. The van der Waals surface area contributed by atoms with E-state index in [1.807, 2.05) is 12.1 Å². The molecule has 0 amide bonds. The lowest BCUT2D eigenvalue weighted by atomic mass is 10.1. The first-order valence-corrected chi connectivity index (χ1v) is 11.0. The summed E-state index contributed by atoms with van der Waals surface area (Å²) in [4.78, 5) is 11.8. The molecule has 2 aromatic carbocycles. The Balaban J connectivity index is 2.01. The number of hydrogen-bond acceptors (Lipinski definition) is 5. The van der Waals surface area contributed by atoms with Crippen molar-refractivity contribution in [1.82, 2.24) is 9.78 Å². The van der Waals surface area contributed by atoms with Crippen molar-refractivity contribution in [1.29, 1.82) is 0 Å². The summed E-state index contributed by atoms with van der Waals surface area (Å²) < 4.78 is 31.6. The number of carbonyl (C=O) groups excluding carboxylic acids is 1. The zero-order valence-electron chi connectivity index (χ0n) is 16.5. The maximum absolute atomic E-state index is 12.0. The average molecular weight is 401 g/mol. The number of benzene rings is 2. The molecule has 1 aromatic heterocycles. The Bertz CT molecular complexity index is 1130. The number of sulfone groups is 1. The van der Waals surface area contributed by atoms with Crippen LogP contribution >= 0.6 is 0 Å². The average Bonchev–Trinajstić information content (AvgIpc) is 3.01. The molecule has 0 aliphatic heterocycles. The summed E-state index contributed by atoms with van der Waals surface area (Å²) in [5.41, 5.74) is 2.24. The first-order chi connectivity index (χ1) is 13.1. The molecule has 0 radical (unpaired) electrons. The van der Waals surface area contributed by atoms with Crippen LogP contribution in [0.4, 0.5) is 0 Å². The zero-order valence-corrected chi connectivity index (χ0v) is 17.3. The molecule has 3 rings (SSSR count). The first kappa shape index (κ1) is 20.1. The van der Waals surface area contributed by atoms with Crippen LogP contribution < -0.4 is 4.74 Å². The van der Waals surface area contributed by atoms with Gasteiger partial charge in [0.05, 0.1) is 29.8 Å². The molecule has 1 heterocycles. The Morgan fingerprint density at radius 1 is 1.18 bits per heavy atom. The van der Waals surface area contributed by atoms with Gasteiger partial charge >= 0.3 is 0 Å². The molecule has 0 atom stereocenters. The maximum atomic E-state index is 12.0. The minimum Gasteiger partial charge on any atom is -0.493 e. The number of hydrogen-bond donors (Lipinski definition) is 0. The van der Waals surface area contributed by atoms with Crippen LogP contribution in [-0.2, 0) is 16.4 Å². The van der Waals surface area contributed by atoms with E-state index < -0.39 is 9.84 Å². The van der Waals surface area contributed by atoms with Gasteiger partial charge in [0, 0.05) is 22.8 Å². The summed E-state index contributed by atoms with van der Waals surface area (Å²) in [6, 6.07) is 10.3. The molecule has 0 saturated heterocycles. The van der Waals surface area contributed by atoms with Crippen molar-refractivity contribution in [2.45, 2.75) is 32.2 Å². The fourth-order valence-electron chi connectivity index (χ4n) is 2.90. The van der Waals surface area contributed by atoms with Crippen LogP contribution in [0.25, 0.3) is 10.9 Å². The Kier molecular flexibility index (Phi) is 5.56. The van der Waals surface area contributed by atoms with Gasteiger partial charge in [-0.15, -0.1) is 0 Å². The largest absolute Gasteiger partial charge is 0.493 e. The highest BCUT2D eigenvalue weighted by Crippen LogP contribution is 2.26. The molecule has 0 N–H and O–H groups in total. The van der Waals surface area contributed by atoms with Crippen LogP contribution in [0, 0.1) is 5.92 Å². The number of ketones is 1. The second-order valence-electron chi connectivity index (χ2n) is 7.38. The predicted octanol–water partition coefficient (Wildman–Crippen LogP) is 3.73. The predicted molar refractivity (Wildman–Crippen MR) is 109 cm³/mol. The number of rotatable bonds is 7. The van der Waals surface area contributed by atoms with Gasteiger partial charge in [0.2, 0.25) is 0 Å². The third-order valence-corrected chi connectivity index (χ3v) is 5.51. The van der Waals surface area contributed by atoms with Gasteiger partial charge in [-0.05, 0) is 49.2 Å². The lowest BCUT2D eigenvalue weighted by Gasteiger charge is -2.15. The lowest BCUT2D eigenvalue weighted by molar-refractivity contribution is 0.101. The summed E-state index contributed by atoms with van der Waals surface area (Å²) >= 11 is 0. The first-order valence-electron chi connectivity index (χ1n) is 9.07. The van der Waals surface area contributed by atoms with Crippen LogP contribution in [0.5, 0.6) is 5.75 Å². The van der Waals surface area contributed by atoms with E-state index in [9.17, 15) is 13.2 Å². The monoisotopic (exact) mass is 400 g/mol. The van der Waals surface area contributed by atoms with E-state index in [0.29, 0.717) is 30.4 Å². The second kappa shape index (κ2) is 7.75. The zero-order chi connectivity index (χ0) is 20.5. The molecular weight excluding hydrogens is 376 g/mol. The molecule has 0 bridgehead atoms. The molecule has 0 aliphatic rings. The molecule has 6 nitrogen and oxygen atoms in total. The van der Waals surface area contributed by atoms with Crippen LogP contribution in [0.1, 0.15) is 36.7 Å². The standard InChI is InChI=1S/C21H24N2O4S/c1-14(2)13-27-21-8-6-19(28(4,25)26)10-18(21)12-23-20-7-5-16(15(3)24)9-17(20)11-22-23/h5-11,14H,12-13H2,1-4H3. The van der Waals surface area contributed by atoms with Gasteiger partial charge in [-0.1, -0.05) is 13.8 Å². The van der Waals surface area contributed by atoms with Crippen LogP contribution in [0.3, 0.4) is 0 Å². The van der Waals surface area contributed by atoms with Crippen molar-refractivity contribution in [2.75, 3.05) is 12.9 Å². The molecule has 148 valence electrons. The normalized spacial score (nSPS) is 11.9. The van der Waals surface area contributed by atoms with Gasteiger partial charge in [0.15, 0.2) is 15.6 Å². The summed E-state index contributed by atoms with van der Waals surface area (Å²) in [7, 11) is -3.33. The third kappa shape index (κ3) is 4.42. The fraction of sp³-hybridized carbons (Fsp3) is 0.333. The van der Waals surface area contributed by atoms with E-state index in [1.54, 1.807) is 35.1 Å². The number of aromatic nitrogens is 2. The fourth-order valence-corrected chi connectivity index (χ4v) is 3.57. The van der Waals surface area contributed by atoms with E-state index in [2.05, 4.69) is 18.9 Å². The van der Waals surface area contributed by atoms with E-state index in [-0.39, 0.29) is 10.7 Å². The molecule has 0 fully saturated rings. The van der Waals surface area contributed by atoms with Crippen molar-refractivity contribution in [2.24, 2.45) is 5.92 Å². The van der Waals surface area contributed by atoms with Crippen LogP contribution in [-0.4, -0.2) is 36.8 Å². The topological polar surface area (TPSA) is 78.3 Å². The highest BCUT2D eigenvalue weighted by molar-refractivity contribution is 7.90. The Morgan fingerprint density at radius 2 is 1.93 bits per heavy atom. The molecule has 7 heteroatoms. The highest BCUT2D eigenvalue weighted by Gasteiger charge is 2.15. The molecule has 0 saturated carbocycles. The highest BCUT2D eigenvalue weighted by atomic mass is 32.2. The van der Waals surface area contributed by atoms with E-state index in [0.717, 1.165) is 16.5 Å². The van der Waals surface area contributed by atoms with Gasteiger partial charge in [-0.3, -0.25) is 9.48 Å². The van der Waals surface area contributed by atoms with Gasteiger partial charge < -0.3 is 4.74 Å². The van der Waals surface area contributed by atoms with Crippen LogP contribution in [0.2, 0.25) is 0 Å². The third-order valence-electron chi connectivity index (χ3n) is 4.40. The quantitative estimate of drug-likeness (QED) is 0.565. The van der Waals surface area contributed by atoms with E-state index in [4.69, 9.17) is 4.74 Å². The summed E-state index contributed by atoms with van der Waals surface area (Å²) in [5, 5.41) is 5.28. The van der Waals surface area contributed by atoms with Gasteiger partial charge in [0.25, 0.3) is 0 Å². The number of carbonyl (C=O) groups is 1. The van der Waals surface area contributed by atoms with Gasteiger partial charge in [0.1, 0.15) is 5.75 Å². The number of ether oxygens (including phenoxy) is 1. The molecule has 0 unspecified atom stereocenters. The van der Waals surface area contributed by atoms with Crippen molar-refractivity contribution in [3.05, 3.63) is 53.7 Å². The molecule has 3 aromatic rings. The molecule has 0 aliphatic carbocycles. The van der Waals surface area contributed by atoms with Crippen molar-refractivity contribution < 1.29 is 17.9 Å². The van der Waals surface area contributed by atoms with Crippen molar-refractivity contribution >= 4 is 26.5 Å². The lowest BCUT2D eigenvalue weighted by Crippen LogP contribution is -2.10. The summed E-state index contributed by atoms with van der Waals surface area (Å²) in [5.74, 6) is 0.989. The Hall–Kier alpha value is -2.67. The van der Waals surface area contributed by atoms with Crippen molar-refractivity contribution in [3.63, 3.8) is 0 Å². The second-order valence-corrected chi connectivity index (χ2v) is 9.39. The minimum atomic E-state index is -3.33. The smallest absolute Gasteiger partial charge is 0.175 e. The number of nitrogens with zero attached hydrogens (tertiary/aromatic N) is 2. The SMILES string of the molecule is CC(=O)c1ccc2c(cnn2Cc2cc(S(C)(=O)=O)ccc2OCC(C)C)c1.